The molecule has 7 nitrogen and oxygen atoms in total. The van der Waals surface area contributed by atoms with E-state index >= 15 is 0 Å². The van der Waals surface area contributed by atoms with Crippen molar-refractivity contribution in [3.05, 3.63) is 0 Å². The van der Waals surface area contributed by atoms with Gasteiger partial charge in [0, 0.05) is 12.5 Å². The molecular formula is C16H25NO6. The maximum atomic E-state index is 12.5. The lowest BCUT2D eigenvalue weighted by molar-refractivity contribution is -0.205. The van der Waals surface area contributed by atoms with Crippen molar-refractivity contribution < 1.29 is 29.3 Å². The van der Waals surface area contributed by atoms with Crippen molar-refractivity contribution in [1.82, 2.24) is 4.90 Å². The minimum Gasteiger partial charge on any atom is -0.463 e. The molecule has 0 spiro atoms. The number of esters is 2. The van der Waals surface area contributed by atoms with Crippen LogP contribution in [0.25, 0.3) is 0 Å². The molecular weight excluding hydrogens is 302 g/mol. The van der Waals surface area contributed by atoms with Crippen LogP contribution in [0.4, 0.5) is 0 Å². The molecule has 0 aromatic heterocycles. The van der Waals surface area contributed by atoms with E-state index in [1.807, 2.05) is 0 Å². The fourth-order valence-electron chi connectivity index (χ4n) is 3.96. The van der Waals surface area contributed by atoms with Crippen LogP contribution >= 0.6 is 0 Å². The van der Waals surface area contributed by atoms with Gasteiger partial charge >= 0.3 is 11.9 Å². The molecule has 3 aliphatic rings. The lowest BCUT2D eigenvalue weighted by Crippen LogP contribution is -2.61. The third-order valence-electron chi connectivity index (χ3n) is 6.05. The van der Waals surface area contributed by atoms with Crippen molar-refractivity contribution in [2.75, 3.05) is 19.7 Å². The Hall–Kier alpha value is -1.18. The van der Waals surface area contributed by atoms with Crippen molar-refractivity contribution >= 4 is 11.9 Å². The molecule has 130 valence electrons. The van der Waals surface area contributed by atoms with Gasteiger partial charge in [-0.05, 0) is 40.2 Å². The van der Waals surface area contributed by atoms with E-state index in [-0.39, 0.29) is 24.7 Å². The molecule has 6 atom stereocenters. The Bertz CT molecular complexity index is 517. The maximum Gasteiger partial charge on any atom is 0.340 e. The van der Waals surface area contributed by atoms with E-state index in [9.17, 15) is 19.8 Å². The highest BCUT2D eigenvalue weighted by Gasteiger charge is 2.57. The van der Waals surface area contributed by atoms with Gasteiger partial charge in [-0.1, -0.05) is 0 Å². The van der Waals surface area contributed by atoms with Gasteiger partial charge in [-0.2, -0.15) is 0 Å². The van der Waals surface area contributed by atoms with Crippen molar-refractivity contribution in [2.24, 2.45) is 11.8 Å². The van der Waals surface area contributed by atoms with Crippen LogP contribution in [0.3, 0.4) is 0 Å². The molecule has 3 saturated heterocycles. The highest BCUT2D eigenvalue weighted by Crippen LogP contribution is 2.38. The third-order valence-corrected chi connectivity index (χ3v) is 6.05. The quantitative estimate of drug-likeness (QED) is 0.589. The molecule has 0 amide bonds. The van der Waals surface area contributed by atoms with Crippen molar-refractivity contribution in [1.29, 1.82) is 0 Å². The van der Waals surface area contributed by atoms with Crippen LogP contribution in [0.1, 0.15) is 33.6 Å². The summed E-state index contributed by atoms with van der Waals surface area (Å²) in [5.41, 5.74) is -4.18. The van der Waals surface area contributed by atoms with E-state index in [1.54, 1.807) is 0 Å². The first-order valence-corrected chi connectivity index (χ1v) is 8.22. The lowest BCUT2D eigenvalue weighted by Gasteiger charge is -2.39. The molecule has 0 bridgehead atoms. The first-order valence-electron chi connectivity index (χ1n) is 8.22. The summed E-state index contributed by atoms with van der Waals surface area (Å²) >= 11 is 0. The molecule has 3 fully saturated rings. The molecule has 0 saturated carbocycles. The van der Waals surface area contributed by atoms with Crippen molar-refractivity contribution in [3.8, 4) is 0 Å². The lowest BCUT2D eigenvalue weighted by atomic mass is 9.76. The van der Waals surface area contributed by atoms with Gasteiger partial charge in [0.15, 0.2) is 5.60 Å². The Labute approximate surface area is 135 Å². The molecule has 2 N–H and O–H groups in total. The van der Waals surface area contributed by atoms with Crippen molar-refractivity contribution in [2.45, 2.75) is 57.0 Å². The first-order chi connectivity index (χ1) is 10.7. The number of carbonyl (C=O) groups excluding carboxylic acids is 2. The molecule has 0 aromatic carbocycles. The normalized spacial score (nSPS) is 48.4. The molecule has 3 aliphatic heterocycles. The predicted molar refractivity (Wildman–Crippen MR) is 79.3 cm³/mol. The number of hydrogen-bond donors (Lipinski definition) is 2. The highest BCUT2D eigenvalue weighted by molar-refractivity contribution is 5.83. The summed E-state index contributed by atoms with van der Waals surface area (Å²) in [4.78, 5) is 27.0. The minimum atomic E-state index is -2.19. The molecule has 0 aliphatic carbocycles. The first kappa shape index (κ1) is 16.7. The average molecular weight is 327 g/mol. The smallest absolute Gasteiger partial charge is 0.340 e. The second-order valence-electron chi connectivity index (χ2n) is 7.38. The van der Waals surface area contributed by atoms with E-state index in [0.29, 0.717) is 0 Å². The molecule has 3 rings (SSSR count). The average Bonchev–Trinajstić information content (AvgIpc) is 3.06. The van der Waals surface area contributed by atoms with Crippen molar-refractivity contribution in [3.63, 3.8) is 0 Å². The largest absolute Gasteiger partial charge is 0.463 e. The zero-order valence-electron chi connectivity index (χ0n) is 13.8. The van der Waals surface area contributed by atoms with Gasteiger partial charge in [0.25, 0.3) is 0 Å². The Kier molecular flexibility index (Phi) is 3.93. The van der Waals surface area contributed by atoms with Gasteiger partial charge in [-0.15, -0.1) is 0 Å². The van der Waals surface area contributed by atoms with E-state index in [0.717, 1.165) is 25.9 Å². The van der Waals surface area contributed by atoms with Gasteiger partial charge in [0.1, 0.15) is 11.7 Å². The number of rotatable bonds is 0. The van der Waals surface area contributed by atoms with E-state index < -0.39 is 29.1 Å². The minimum absolute atomic E-state index is 0.0481. The van der Waals surface area contributed by atoms with E-state index in [4.69, 9.17) is 9.47 Å². The van der Waals surface area contributed by atoms with Crippen LogP contribution in [-0.4, -0.2) is 70.1 Å². The summed E-state index contributed by atoms with van der Waals surface area (Å²) in [7, 11) is 0. The predicted octanol–water partition coefficient (Wildman–Crippen LogP) is -0.313. The number of ether oxygens (including phenoxy) is 2. The summed E-state index contributed by atoms with van der Waals surface area (Å²) in [6, 6.07) is 0.0481. The molecule has 3 heterocycles. The second kappa shape index (κ2) is 5.43. The zero-order valence-corrected chi connectivity index (χ0v) is 13.8. The van der Waals surface area contributed by atoms with Gasteiger partial charge in [-0.25, -0.2) is 4.79 Å². The van der Waals surface area contributed by atoms with Gasteiger partial charge in [-0.3, -0.25) is 9.69 Å². The number of carbonyl (C=O) groups is 2. The SMILES string of the molecule is C[C@@H]1C(=O)O[C@@H]2CCN3CC[C@@H](COC(=O)[C@@](C)(O)[C@]1(C)O)[C@H]23. The number of cyclic esters (lactones) is 1. The summed E-state index contributed by atoms with van der Waals surface area (Å²) < 4.78 is 10.9. The Balaban J connectivity index is 1.94. The fraction of sp³-hybridized carbons (Fsp3) is 0.875. The van der Waals surface area contributed by atoms with Crippen LogP contribution in [-0.2, 0) is 19.1 Å². The molecule has 0 radical (unpaired) electrons. The van der Waals surface area contributed by atoms with Crippen LogP contribution < -0.4 is 0 Å². The van der Waals surface area contributed by atoms with Crippen LogP contribution in [0, 0.1) is 11.8 Å². The van der Waals surface area contributed by atoms with E-state index in [2.05, 4.69) is 4.90 Å². The van der Waals surface area contributed by atoms with Gasteiger partial charge in [0.2, 0.25) is 0 Å². The maximum absolute atomic E-state index is 12.5. The summed E-state index contributed by atoms with van der Waals surface area (Å²) in [5, 5.41) is 21.1. The van der Waals surface area contributed by atoms with Crippen LogP contribution in [0.15, 0.2) is 0 Å². The summed E-state index contributed by atoms with van der Waals surface area (Å²) in [6.45, 7) is 5.81. The standard InChI is InChI=1S/C16H25NO6/c1-9-13(18)23-11-5-7-17-6-4-10(12(11)17)8-22-14(19)16(3,21)15(9,2)20/h9-12,20-21H,4-8H2,1-3H3/t9-,10+,11-,12-,15-,16-/m1/s1. The van der Waals surface area contributed by atoms with Gasteiger partial charge in [0.05, 0.1) is 18.6 Å². The molecule has 0 unspecified atom stereocenters. The Morgan fingerprint density at radius 2 is 1.83 bits per heavy atom. The van der Waals surface area contributed by atoms with Gasteiger partial charge < -0.3 is 19.7 Å². The second-order valence-corrected chi connectivity index (χ2v) is 7.38. The number of hydrogen-bond acceptors (Lipinski definition) is 7. The summed E-state index contributed by atoms with van der Waals surface area (Å²) in [5.74, 6) is -2.48. The van der Waals surface area contributed by atoms with Crippen LogP contribution in [0.2, 0.25) is 0 Å². The summed E-state index contributed by atoms with van der Waals surface area (Å²) in [6.07, 6.45) is 1.35. The topological polar surface area (TPSA) is 96.3 Å². The Morgan fingerprint density at radius 1 is 1.17 bits per heavy atom. The van der Waals surface area contributed by atoms with E-state index in [1.165, 1.54) is 20.8 Å². The monoisotopic (exact) mass is 327 g/mol. The fourth-order valence-corrected chi connectivity index (χ4v) is 3.96. The highest BCUT2D eigenvalue weighted by atomic mass is 16.6. The molecule has 0 aromatic rings. The third kappa shape index (κ3) is 2.45. The Morgan fingerprint density at radius 3 is 2.52 bits per heavy atom. The molecule has 7 heteroatoms. The number of nitrogens with zero attached hydrogens (tertiary/aromatic N) is 1. The zero-order chi connectivity index (χ0) is 17.0. The molecule has 23 heavy (non-hydrogen) atoms. The van der Waals surface area contributed by atoms with Crippen LogP contribution in [0.5, 0.6) is 0 Å². The number of aliphatic hydroxyl groups is 2.